The summed E-state index contributed by atoms with van der Waals surface area (Å²) in [5.41, 5.74) is 2.72. The highest BCUT2D eigenvalue weighted by Gasteiger charge is 2.52. The number of aliphatic hydroxyl groups is 5. The van der Waals surface area contributed by atoms with Gasteiger partial charge in [-0.15, -0.1) is 0 Å². The third kappa shape index (κ3) is 8.27. The van der Waals surface area contributed by atoms with E-state index in [1.54, 1.807) is 0 Å². The van der Waals surface area contributed by atoms with E-state index in [2.05, 4.69) is 0 Å². The van der Waals surface area contributed by atoms with E-state index in [0.717, 1.165) is 16.7 Å². The molecular formula is C33H40O11. The fourth-order valence-electron chi connectivity index (χ4n) is 5.30. The van der Waals surface area contributed by atoms with Crippen LogP contribution in [0.4, 0.5) is 0 Å². The van der Waals surface area contributed by atoms with E-state index in [1.165, 1.54) is 0 Å². The second-order valence-corrected chi connectivity index (χ2v) is 10.9. The third-order valence-corrected chi connectivity index (χ3v) is 7.71. The van der Waals surface area contributed by atoms with Crippen molar-refractivity contribution < 1.29 is 54.0 Å². The van der Waals surface area contributed by atoms with Crippen LogP contribution in [0.2, 0.25) is 0 Å². The first-order valence-electron chi connectivity index (χ1n) is 14.7. The Labute approximate surface area is 256 Å². The molecule has 5 rings (SSSR count). The maximum atomic E-state index is 11.2. The molecule has 2 aliphatic rings. The van der Waals surface area contributed by atoms with Crippen molar-refractivity contribution in [2.45, 2.75) is 81.2 Å². The molecule has 2 fully saturated rings. The van der Waals surface area contributed by atoms with E-state index in [4.69, 9.17) is 28.4 Å². The standard InChI is InChI=1S/C33H40O11/c34-16-24-26(35)27(36)28(37)33(43-24)44-31-30(41-19-23-14-8-3-9-15-23)29(40-18-22-12-6-2-7-13-22)25(42-32(31)38)20-39-17-21-10-4-1-5-11-21/h1-15,24-38H,16-20H2/t24-,25+,26+,27-,28+,29-,30-,31+,32+,33-/m0/s1. The summed E-state index contributed by atoms with van der Waals surface area (Å²) in [4.78, 5) is 0. The molecule has 0 aromatic heterocycles. The Kier molecular flexibility index (Phi) is 11.8. The molecule has 0 unspecified atom stereocenters. The van der Waals surface area contributed by atoms with Gasteiger partial charge in [0.2, 0.25) is 0 Å². The Hall–Kier alpha value is -2.78. The fraction of sp³-hybridized carbons (Fsp3) is 0.455. The lowest BCUT2D eigenvalue weighted by molar-refractivity contribution is -0.369. The fourth-order valence-corrected chi connectivity index (χ4v) is 5.30. The number of hydrogen-bond donors (Lipinski definition) is 5. The summed E-state index contributed by atoms with van der Waals surface area (Å²) in [6.45, 7) is 0.0612. The summed E-state index contributed by atoms with van der Waals surface area (Å²) in [5, 5.41) is 52.1. The second-order valence-electron chi connectivity index (χ2n) is 10.9. The van der Waals surface area contributed by atoms with E-state index < -0.39 is 68.0 Å². The van der Waals surface area contributed by atoms with Gasteiger partial charge in [0, 0.05) is 0 Å². The molecular weight excluding hydrogens is 572 g/mol. The number of hydrogen-bond acceptors (Lipinski definition) is 11. The number of ether oxygens (including phenoxy) is 6. The van der Waals surface area contributed by atoms with Gasteiger partial charge in [0.25, 0.3) is 0 Å². The number of aliphatic hydroxyl groups excluding tert-OH is 5. The monoisotopic (exact) mass is 612 g/mol. The molecule has 0 amide bonds. The van der Waals surface area contributed by atoms with E-state index in [0.29, 0.717) is 6.61 Å². The maximum Gasteiger partial charge on any atom is 0.187 e. The van der Waals surface area contributed by atoms with Gasteiger partial charge in [0.15, 0.2) is 12.6 Å². The molecule has 10 atom stereocenters. The van der Waals surface area contributed by atoms with Crippen LogP contribution in [0.1, 0.15) is 16.7 Å². The highest BCUT2D eigenvalue weighted by atomic mass is 16.7. The molecule has 5 N–H and O–H groups in total. The molecule has 0 saturated carbocycles. The van der Waals surface area contributed by atoms with Crippen LogP contribution < -0.4 is 0 Å². The summed E-state index contributed by atoms with van der Waals surface area (Å²) in [7, 11) is 0. The molecule has 2 saturated heterocycles. The summed E-state index contributed by atoms with van der Waals surface area (Å²) in [6, 6.07) is 28.6. The molecule has 3 aromatic rings. The van der Waals surface area contributed by atoms with Crippen molar-refractivity contribution in [1.29, 1.82) is 0 Å². The average Bonchev–Trinajstić information content (AvgIpc) is 3.06. The molecule has 0 aliphatic carbocycles. The highest BCUT2D eigenvalue weighted by molar-refractivity contribution is 5.15. The zero-order chi connectivity index (χ0) is 30.9. The Morgan fingerprint density at radius 3 is 1.61 bits per heavy atom. The molecule has 2 aliphatic heterocycles. The van der Waals surface area contributed by atoms with Gasteiger partial charge >= 0.3 is 0 Å². The minimum absolute atomic E-state index is 0.0589. The first-order valence-corrected chi connectivity index (χ1v) is 14.7. The minimum Gasteiger partial charge on any atom is -0.394 e. The number of rotatable bonds is 13. The highest BCUT2D eigenvalue weighted by Crippen LogP contribution is 2.32. The summed E-state index contributed by atoms with van der Waals surface area (Å²) < 4.78 is 36.4. The van der Waals surface area contributed by atoms with Crippen LogP contribution in [0.3, 0.4) is 0 Å². The Bertz CT molecular complexity index is 1230. The molecule has 11 nitrogen and oxygen atoms in total. The van der Waals surface area contributed by atoms with Gasteiger partial charge in [-0.3, -0.25) is 0 Å². The van der Waals surface area contributed by atoms with Gasteiger partial charge in [-0.05, 0) is 16.7 Å². The molecule has 0 radical (unpaired) electrons. The Morgan fingerprint density at radius 2 is 1.07 bits per heavy atom. The zero-order valence-electron chi connectivity index (χ0n) is 24.2. The summed E-state index contributed by atoms with van der Waals surface area (Å²) >= 11 is 0. The lowest BCUT2D eigenvalue weighted by Gasteiger charge is -2.47. The smallest absolute Gasteiger partial charge is 0.187 e. The molecule has 2 heterocycles. The topological polar surface area (TPSA) is 157 Å². The largest absolute Gasteiger partial charge is 0.394 e. The third-order valence-electron chi connectivity index (χ3n) is 7.71. The van der Waals surface area contributed by atoms with Crippen LogP contribution in [-0.2, 0) is 48.2 Å². The van der Waals surface area contributed by atoms with Gasteiger partial charge in [0.05, 0.1) is 33.0 Å². The van der Waals surface area contributed by atoms with Gasteiger partial charge in [-0.25, -0.2) is 0 Å². The summed E-state index contributed by atoms with van der Waals surface area (Å²) in [5.74, 6) is 0. The van der Waals surface area contributed by atoms with Gasteiger partial charge < -0.3 is 54.0 Å². The van der Waals surface area contributed by atoms with E-state index in [9.17, 15) is 25.5 Å². The van der Waals surface area contributed by atoms with Crippen LogP contribution in [0.15, 0.2) is 91.0 Å². The molecule has 0 bridgehead atoms. The molecule has 11 heteroatoms. The summed E-state index contributed by atoms with van der Waals surface area (Å²) in [6.07, 6.45) is -13.1. The normalized spacial score (nSPS) is 32.4. The van der Waals surface area contributed by atoms with Crippen LogP contribution in [0.5, 0.6) is 0 Å². The average molecular weight is 613 g/mol. The van der Waals surface area contributed by atoms with Crippen LogP contribution in [-0.4, -0.2) is 100 Å². The van der Waals surface area contributed by atoms with Crippen molar-refractivity contribution in [3.8, 4) is 0 Å². The Balaban J connectivity index is 1.40. The first-order chi connectivity index (χ1) is 21.4. The van der Waals surface area contributed by atoms with Crippen molar-refractivity contribution in [3.05, 3.63) is 108 Å². The maximum absolute atomic E-state index is 11.2. The van der Waals surface area contributed by atoms with Gasteiger partial charge in [0.1, 0.15) is 48.8 Å². The van der Waals surface area contributed by atoms with Gasteiger partial charge in [-0.1, -0.05) is 91.0 Å². The quantitative estimate of drug-likeness (QED) is 0.190. The van der Waals surface area contributed by atoms with Crippen molar-refractivity contribution >= 4 is 0 Å². The second kappa shape index (κ2) is 16.0. The predicted octanol–water partition coefficient (Wildman–Crippen LogP) is 1.28. The lowest BCUT2D eigenvalue weighted by Crippen LogP contribution is -2.65. The lowest BCUT2D eigenvalue weighted by atomic mass is 9.96. The van der Waals surface area contributed by atoms with Crippen LogP contribution >= 0.6 is 0 Å². The van der Waals surface area contributed by atoms with Crippen molar-refractivity contribution in [2.75, 3.05) is 13.2 Å². The van der Waals surface area contributed by atoms with Gasteiger partial charge in [-0.2, -0.15) is 0 Å². The SMILES string of the molecule is OC[C@@H]1O[C@@H](O[C@@H]2[C@@H](OCc3ccccc3)[C@@H](OCc3ccccc3)[C@@H](COCc3ccccc3)O[C@H]2O)[C@H](O)[C@@H](O)[C@@H]1O. The first kappa shape index (κ1) is 32.6. The van der Waals surface area contributed by atoms with E-state index >= 15 is 0 Å². The van der Waals surface area contributed by atoms with Crippen LogP contribution in [0, 0.1) is 0 Å². The van der Waals surface area contributed by atoms with Crippen molar-refractivity contribution in [2.24, 2.45) is 0 Å². The van der Waals surface area contributed by atoms with Crippen molar-refractivity contribution in [1.82, 2.24) is 0 Å². The molecule has 238 valence electrons. The van der Waals surface area contributed by atoms with E-state index in [-0.39, 0.29) is 19.8 Å². The molecule has 44 heavy (non-hydrogen) atoms. The minimum atomic E-state index is -1.69. The molecule has 3 aromatic carbocycles. The number of benzene rings is 3. The predicted molar refractivity (Wildman–Crippen MR) is 156 cm³/mol. The zero-order valence-corrected chi connectivity index (χ0v) is 24.2. The van der Waals surface area contributed by atoms with E-state index in [1.807, 2.05) is 91.0 Å². The van der Waals surface area contributed by atoms with Crippen LogP contribution in [0.25, 0.3) is 0 Å². The van der Waals surface area contributed by atoms with Crippen molar-refractivity contribution in [3.63, 3.8) is 0 Å². The molecule has 0 spiro atoms. The Morgan fingerprint density at radius 1 is 0.545 bits per heavy atom.